The molecule has 29 heavy (non-hydrogen) atoms. The highest BCUT2D eigenvalue weighted by atomic mass is 32.2. The third-order valence-corrected chi connectivity index (χ3v) is 5.65. The van der Waals surface area contributed by atoms with Crippen LogP contribution in [0.1, 0.15) is 30.3 Å². The maximum atomic E-state index is 12.9. The predicted molar refractivity (Wildman–Crippen MR) is 113 cm³/mol. The van der Waals surface area contributed by atoms with Gasteiger partial charge in [0.05, 0.1) is 23.1 Å². The van der Waals surface area contributed by atoms with Crippen LogP contribution in [0.5, 0.6) is 0 Å². The molecule has 3 nitrogen and oxygen atoms in total. The molecule has 0 unspecified atom stereocenters. The van der Waals surface area contributed by atoms with Crippen molar-refractivity contribution in [2.24, 2.45) is 0 Å². The lowest BCUT2D eigenvalue weighted by Crippen LogP contribution is -2.17. The first-order chi connectivity index (χ1) is 13.9. The van der Waals surface area contributed by atoms with Crippen molar-refractivity contribution in [2.45, 2.75) is 44.1 Å². The van der Waals surface area contributed by atoms with Crippen molar-refractivity contribution in [3.8, 4) is 0 Å². The highest BCUT2D eigenvalue weighted by molar-refractivity contribution is 7.99. The van der Waals surface area contributed by atoms with Crippen LogP contribution in [-0.4, -0.2) is 15.3 Å². The van der Waals surface area contributed by atoms with E-state index in [1.54, 1.807) is 6.07 Å². The Bertz CT molecular complexity index is 979. The van der Waals surface area contributed by atoms with Gasteiger partial charge in [-0.05, 0) is 42.0 Å². The lowest BCUT2D eigenvalue weighted by atomic mass is 10.1. The van der Waals surface area contributed by atoms with Gasteiger partial charge in [-0.1, -0.05) is 31.2 Å². The molecule has 0 saturated carbocycles. The minimum absolute atomic E-state index is 0.332. The molecular formula is C22H24F3N3S. The number of hydrogen-bond donors (Lipinski definition) is 1. The molecule has 3 rings (SSSR count). The van der Waals surface area contributed by atoms with Gasteiger partial charge in [0, 0.05) is 18.0 Å². The predicted octanol–water partition coefficient (Wildman–Crippen LogP) is 6.03. The van der Waals surface area contributed by atoms with Crippen molar-refractivity contribution in [2.75, 3.05) is 5.75 Å². The molecule has 0 aliphatic heterocycles. The van der Waals surface area contributed by atoms with Crippen LogP contribution < -0.4 is 5.32 Å². The second kappa shape index (κ2) is 9.50. The fraction of sp³-hybridized carbons (Fsp3) is 0.318. The maximum absolute atomic E-state index is 12.9. The highest BCUT2D eigenvalue weighted by Crippen LogP contribution is 2.29. The fourth-order valence-corrected chi connectivity index (χ4v) is 3.91. The summed E-state index contributed by atoms with van der Waals surface area (Å²) < 4.78 is 40.7. The molecule has 0 spiro atoms. The summed E-state index contributed by atoms with van der Waals surface area (Å²) in [6.07, 6.45) is -1.40. The zero-order valence-electron chi connectivity index (χ0n) is 16.3. The summed E-state index contributed by atoms with van der Waals surface area (Å²) in [6.45, 7) is 7.40. The van der Waals surface area contributed by atoms with E-state index < -0.39 is 11.7 Å². The fourth-order valence-electron chi connectivity index (χ4n) is 3.11. The van der Waals surface area contributed by atoms with Gasteiger partial charge in [0.15, 0.2) is 0 Å². The average molecular weight is 420 g/mol. The van der Waals surface area contributed by atoms with Crippen LogP contribution >= 0.6 is 11.8 Å². The number of rotatable bonds is 9. The molecule has 0 atom stereocenters. The van der Waals surface area contributed by atoms with E-state index in [1.165, 1.54) is 17.0 Å². The average Bonchev–Trinajstić information content (AvgIpc) is 3.03. The van der Waals surface area contributed by atoms with Crippen LogP contribution in [0.4, 0.5) is 13.2 Å². The number of hydrogen-bond acceptors (Lipinski definition) is 3. The molecule has 0 aliphatic rings. The van der Waals surface area contributed by atoms with E-state index in [0.717, 1.165) is 35.1 Å². The summed E-state index contributed by atoms with van der Waals surface area (Å²) in [5.41, 5.74) is 1.91. The topological polar surface area (TPSA) is 29.9 Å². The SMILES string of the molecule is C=CCn1c(CNCc2cccc(C(F)(F)F)c2)nc2ccc(SCCC)cc21. The van der Waals surface area contributed by atoms with Crippen LogP contribution in [0.2, 0.25) is 0 Å². The van der Waals surface area contributed by atoms with Crippen molar-refractivity contribution < 1.29 is 13.2 Å². The van der Waals surface area contributed by atoms with Gasteiger partial charge in [-0.25, -0.2) is 4.98 Å². The normalized spacial score (nSPS) is 11.9. The van der Waals surface area contributed by atoms with Gasteiger partial charge in [-0.2, -0.15) is 13.2 Å². The number of benzene rings is 2. The molecule has 154 valence electrons. The van der Waals surface area contributed by atoms with Gasteiger partial charge < -0.3 is 9.88 Å². The number of fused-ring (bicyclic) bond motifs is 1. The number of halogens is 3. The van der Waals surface area contributed by atoms with Crippen molar-refractivity contribution in [3.05, 3.63) is 72.1 Å². The monoisotopic (exact) mass is 419 g/mol. The summed E-state index contributed by atoms with van der Waals surface area (Å²) in [4.78, 5) is 5.91. The minimum atomic E-state index is -4.33. The number of aromatic nitrogens is 2. The molecule has 1 N–H and O–H groups in total. The van der Waals surface area contributed by atoms with E-state index in [2.05, 4.69) is 35.5 Å². The standard InChI is InChI=1S/C22H24F3N3S/c1-3-10-28-20-13-18(29-11-4-2)8-9-19(20)27-21(28)15-26-14-16-6-5-7-17(12-16)22(23,24)25/h3,5-9,12-13,26H,1,4,10-11,14-15H2,2H3. The zero-order chi connectivity index (χ0) is 20.9. The summed E-state index contributed by atoms with van der Waals surface area (Å²) in [5, 5.41) is 3.22. The van der Waals surface area contributed by atoms with Crippen molar-refractivity contribution in [3.63, 3.8) is 0 Å². The summed E-state index contributed by atoms with van der Waals surface area (Å²) in [7, 11) is 0. The Labute approximate surface area is 173 Å². The Balaban J connectivity index is 1.75. The molecule has 0 fully saturated rings. The van der Waals surface area contributed by atoms with Crippen LogP contribution in [0.3, 0.4) is 0 Å². The second-order valence-corrected chi connectivity index (χ2v) is 7.90. The molecule has 0 amide bonds. The third-order valence-electron chi connectivity index (χ3n) is 4.45. The molecule has 1 heterocycles. The second-order valence-electron chi connectivity index (χ2n) is 6.73. The van der Waals surface area contributed by atoms with Gasteiger partial charge in [-0.15, -0.1) is 18.3 Å². The van der Waals surface area contributed by atoms with E-state index in [-0.39, 0.29) is 0 Å². The molecule has 3 aromatic rings. The van der Waals surface area contributed by atoms with Crippen molar-refractivity contribution in [1.29, 1.82) is 0 Å². The van der Waals surface area contributed by atoms with Gasteiger partial charge in [0.1, 0.15) is 5.82 Å². The van der Waals surface area contributed by atoms with E-state index in [1.807, 2.05) is 23.9 Å². The van der Waals surface area contributed by atoms with E-state index in [0.29, 0.717) is 25.2 Å². The summed E-state index contributed by atoms with van der Waals surface area (Å²) in [6, 6.07) is 11.6. The first kappa shape index (κ1) is 21.5. The van der Waals surface area contributed by atoms with Gasteiger partial charge in [-0.3, -0.25) is 0 Å². The minimum Gasteiger partial charge on any atom is -0.323 e. The lowest BCUT2D eigenvalue weighted by molar-refractivity contribution is -0.137. The molecular weight excluding hydrogens is 395 g/mol. The zero-order valence-corrected chi connectivity index (χ0v) is 17.1. The first-order valence-electron chi connectivity index (χ1n) is 9.52. The molecule has 0 radical (unpaired) electrons. The maximum Gasteiger partial charge on any atom is 0.416 e. The van der Waals surface area contributed by atoms with E-state index >= 15 is 0 Å². The summed E-state index contributed by atoms with van der Waals surface area (Å²) >= 11 is 1.82. The first-order valence-corrected chi connectivity index (χ1v) is 10.5. The lowest BCUT2D eigenvalue weighted by Gasteiger charge is -2.10. The molecule has 7 heteroatoms. The number of alkyl halides is 3. The van der Waals surface area contributed by atoms with Gasteiger partial charge >= 0.3 is 6.18 Å². The molecule has 0 saturated heterocycles. The number of thioether (sulfide) groups is 1. The Morgan fingerprint density at radius 1 is 1.17 bits per heavy atom. The smallest absolute Gasteiger partial charge is 0.323 e. The Hall–Kier alpha value is -2.25. The van der Waals surface area contributed by atoms with E-state index in [9.17, 15) is 13.2 Å². The van der Waals surface area contributed by atoms with Crippen LogP contribution in [0.15, 0.2) is 60.0 Å². The summed E-state index contributed by atoms with van der Waals surface area (Å²) in [5.74, 6) is 1.90. The third kappa shape index (κ3) is 5.42. The van der Waals surface area contributed by atoms with Crippen molar-refractivity contribution in [1.82, 2.24) is 14.9 Å². The molecule has 0 aliphatic carbocycles. The quantitative estimate of drug-likeness (QED) is 0.339. The molecule has 0 bridgehead atoms. The van der Waals surface area contributed by atoms with Gasteiger partial charge in [0.25, 0.3) is 0 Å². The van der Waals surface area contributed by atoms with Crippen LogP contribution in [0.25, 0.3) is 11.0 Å². The Kier molecular flexibility index (Phi) is 7.03. The molecule has 2 aromatic carbocycles. The van der Waals surface area contributed by atoms with Crippen LogP contribution in [-0.2, 0) is 25.8 Å². The van der Waals surface area contributed by atoms with Crippen LogP contribution in [0, 0.1) is 0 Å². The number of nitrogens with one attached hydrogen (secondary N) is 1. The number of nitrogens with zero attached hydrogens (tertiary/aromatic N) is 2. The van der Waals surface area contributed by atoms with Crippen molar-refractivity contribution >= 4 is 22.8 Å². The van der Waals surface area contributed by atoms with Gasteiger partial charge in [0.2, 0.25) is 0 Å². The molecule has 1 aromatic heterocycles. The number of allylic oxidation sites excluding steroid dienone is 1. The Morgan fingerprint density at radius 3 is 2.72 bits per heavy atom. The highest BCUT2D eigenvalue weighted by Gasteiger charge is 2.30. The van der Waals surface area contributed by atoms with E-state index in [4.69, 9.17) is 4.98 Å². The number of imidazole rings is 1. The Morgan fingerprint density at radius 2 is 2.00 bits per heavy atom. The largest absolute Gasteiger partial charge is 0.416 e.